The van der Waals surface area contributed by atoms with Gasteiger partial charge in [-0.2, -0.15) is 0 Å². The fourth-order valence-corrected chi connectivity index (χ4v) is 4.14. The highest BCUT2D eigenvalue weighted by Crippen LogP contribution is 2.38. The molecule has 2 aromatic carbocycles. The molecule has 0 atom stereocenters. The minimum atomic E-state index is -0.325. The zero-order chi connectivity index (χ0) is 21.0. The van der Waals surface area contributed by atoms with Gasteiger partial charge < -0.3 is 9.47 Å². The number of amides is 2. The van der Waals surface area contributed by atoms with Crippen molar-refractivity contribution in [3.05, 3.63) is 61.9 Å². The third-order valence-electron chi connectivity index (χ3n) is 4.08. The summed E-state index contributed by atoms with van der Waals surface area (Å²) in [6.07, 6.45) is 1.69. The van der Waals surface area contributed by atoms with Gasteiger partial charge in [0, 0.05) is 9.50 Å². The summed E-state index contributed by atoms with van der Waals surface area (Å²) in [6, 6.07) is 10.7. The Morgan fingerprint density at radius 2 is 1.69 bits per heavy atom. The standard InChI is InChI=1S/C21H19BrClNO4S/c1-3-27-17-9-14(16(22)11-18(17)28-4-2)10-19-20(25)24(21(26)29-19)12-13-5-7-15(23)8-6-13/h5-11H,3-4,12H2,1-2H3/b19-10-. The number of nitrogens with zero attached hydrogens (tertiary/aromatic N) is 1. The zero-order valence-electron chi connectivity index (χ0n) is 15.9. The number of thioether (sulfide) groups is 1. The van der Waals surface area contributed by atoms with E-state index in [1.54, 1.807) is 42.5 Å². The first-order chi connectivity index (χ1) is 13.9. The van der Waals surface area contributed by atoms with Crippen molar-refractivity contribution in [1.29, 1.82) is 0 Å². The van der Waals surface area contributed by atoms with Crippen molar-refractivity contribution < 1.29 is 19.1 Å². The van der Waals surface area contributed by atoms with Crippen LogP contribution < -0.4 is 9.47 Å². The summed E-state index contributed by atoms with van der Waals surface area (Å²) in [5.41, 5.74) is 1.56. The van der Waals surface area contributed by atoms with Crippen LogP contribution in [0.25, 0.3) is 6.08 Å². The highest BCUT2D eigenvalue weighted by atomic mass is 79.9. The molecule has 0 aromatic heterocycles. The normalized spacial score (nSPS) is 15.3. The lowest BCUT2D eigenvalue weighted by atomic mass is 10.1. The van der Waals surface area contributed by atoms with Crippen LogP contribution in [0.1, 0.15) is 25.0 Å². The number of hydrogen-bond acceptors (Lipinski definition) is 5. The van der Waals surface area contributed by atoms with Gasteiger partial charge in [-0.15, -0.1) is 0 Å². The van der Waals surface area contributed by atoms with Crippen LogP contribution >= 0.6 is 39.3 Å². The topological polar surface area (TPSA) is 55.8 Å². The Morgan fingerprint density at radius 1 is 1.07 bits per heavy atom. The molecule has 29 heavy (non-hydrogen) atoms. The summed E-state index contributed by atoms with van der Waals surface area (Å²) in [4.78, 5) is 26.8. The van der Waals surface area contributed by atoms with Crippen molar-refractivity contribution in [3.63, 3.8) is 0 Å². The quantitative estimate of drug-likeness (QED) is 0.431. The predicted octanol–water partition coefficient (Wildman–Crippen LogP) is 6.14. The summed E-state index contributed by atoms with van der Waals surface area (Å²) in [6.45, 7) is 4.98. The van der Waals surface area contributed by atoms with E-state index in [-0.39, 0.29) is 17.7 Å². The molecule has 5 nitrogen and oxygen atoms in total. The monoisotopic (exact) mass is 495 g/mol. The molecular formula is C21H19BrClNO4S. The number of benzene rings is 2. The summed E-state index contributed by atoms with van der Waals surface area (Å²) in [5, 5.41) is 0.302. The van der Waals surface area contributed by atoms with Crippen LogP contribution in [0.4, 0.5) is 4.79 Å². The van der Waals surface area contributed by atoms with E-state index in [1.807, 2.05) is 13.8 Å². The van der Waals surface area contributed by atoms with E-state index < -0.39 is 0 Å². The Bertz CT molecular complexity index is 962. The lowest BCUT2D eigenvalue weighted by Crippen LogP contribution is -2.27. The predicted molar refractivity (Wildman–Crippen MR) is 119 cm³/mol. The van der Waals surface area contributed by atoms with Crippen molar-refractivity contribution >= 4 is 56.5 Å². The van der Waals surface area contributed by atoms with Crippen LogP contribution in [0.5, 0.6) is 11.5 Å². The smallest absolute Gasteiger partial charge is 0.293 e. The largest absolute Gasteiger partial charge is 0.490 e. The number of imide groups is 1. The van der Waals surface area contributed by atoms with Crippen molar-refractivity contribution in [2.75, 3.05) is 13.2 Å². The van der Waals surface area contributed by atoms with Gasteiger partial charge in [-0.3, -0.25) is 14.5 Å². The second-order valence-electron chi connectivity index (χ2n) is 6.08. The molecule has 1 heterocycles. The Kier molecular flexibility index (Phi) is 7.27. The first-order valence-corrected chi connectivity index (χ1v) is 11.0. The van der Waals surface area contributed by atoms with Crippen LogP contribution in [0.2, 0.25) is 5.02 Å². The van der Waals surface area contributed by atoms with E-state index >= 15 is 0 Å². The second-order valence-corrected chi connectivity index (χ2v) is 8.36. The molecule has 0 radical (unpaired) electrons. The lowest BCUT2D eigenvalue weighted by molar-refractivity contribution is -0.123. The molecular weight excluding hydrogens is 478 g/mol. The van der Waals surface area contributed by atoms with Crippen LogP contribution in [-0.2, 0) is 11.3 Å². The van der Waals surface area contributed by atoms with Gasteiger partial charge in [-0.1, -0.05) is 39.7 Å². The molecule has 0 saturated carbocycles. The van der Waals surface area contributed by atoms with Gasteiger partial charge in [0.15, 0.2) is 11.5 Å². The van der Waals surface area contributed by atoms with Gasteiger partial charge >= 0.3 is 0 Å². The van der Waals surface area contributed by atoms with Crippen molar-refractivity contribution in [3.8, 4) is 11.5 Å². The maximum atomic E-state index is 12.8. The van der Waals surface area contributed by atoms with E-state index in [0.717, 1.165) is 27.4 Å². The number of carbonyl (C=O) groups excluding carboxylic acids is 2. The van der Waals surface area contributed by atoms with Crippen molar-refractivity contribution in [2.24, 2.45) is 0 Å². The average Bonchev–Trinajstić information content (AvgIpc) is 2.95. The molecule has 1 fully saturated rings. The Hall–Kier alpha value is -1.96. The van der Waals surface area contributed by atoms with Crippen LogP contribution in [-0.4, -0.2) is 29.3 Å². The first-order valence-electron chi connectivity index (χ1n) is 9.01. The second kappa shape index (κ2) is 9.69. The minimum absolute atomic E-state index is 0.202. The van der Waals surface area contributed by atoms with Gasteiger partial charge in [0.05, 0.1) is 24.7 Å². The Morgan fingerprint density at radius 3 is 2.31 bits per heavy atom. The molecule has 2 amide bonds. The third kappa shape index (κ3) is 5.15. The summed E-state index contributed by atoms with van der Waals surface area (Å²) in [7, 11) is 0. The Balaban J connectivity index is 1.86. The first kappa shape index (κ1) is 21.7. The van der Waals surface area contributed by atoms with Crippen LogP contribution in [0, 0.1) is 0 Å². The van der Waals surface area contributed by atoms with E-state index in [4.69, 9.17) is 21.1 Å². The van der Waals surface area contributed by atoms with Gasteiger partial charge in [-0.25, -0.2) is 0 Å². The molecule has 0 unspecified atom stereocenters. The van der Waals surface area contributed by atoms with Gasteiger partial charge in [0.2, 0.25) is 0 Å². The number of halogens is 2. The van der Waals surface area contributed by atoms with Gasteiger partial charge in [0.25, 0.3) is 11.1 Å². The lowest BCUT2D eigenvalue weighted by Gasteiger charge is -2.13. The highest BCUT2D eigenvalue weighted by molar-refractivity contribution is 9.10. The maximum Gasteiger partial charge on any atom is 0.293 e. The minimum Gasteiger partial charge on any atom is -0.490 e. The van der Waals surface area contributed by atoms with E-state index in [9.17, 15) is 9.59 Å². The summed E-state index contributed by atoms with van der Waals surface area (Å²) < 4.78 is 12.0. The number of carbonyl (C=O) groups is 2. The molecule has 0 N–H and O–H groups in total. The third-order valence-corrected chi connectivity index (χ3v) is 5.92. The van der Waals surface area contributed by atoms with E-state index in [1.165, 1.54) is 4.90 Å². The summed E-state index contributed by atoms with van der Waals surface area (Å²) >= 11 is 10.3. The molecule has 1 aliphatic rings. The molecule has 8 heteroatoms. The van der Waals surface area contributed by atoms with Crippen LogP contribution in [0.15, 0.2) is 45.8 Å². The molecule has 1 saturated heterocycles. The SMILES string of the molecule is CCOc1cc(Br)c(/C=C2\SC(=O)N(Cc3ccc(Cl)cc3)C2=O)cc1OCC. The van der Waals surface area contributed by atoms with E-state index in [0.29, 0.717) is 34.6 Å². The Labute approximate surface area is 187 Å². The number of ether oxygens (including phenoxy) is 2. The molecule has 0 aliphatic carbocycles. The summed E-state index contributed by atoms with van der Waals surface area (Å²) in [5.74, 6) is 0.882. The fourth-order valence-electron chi connectivity index (χ4n) is 2.75. The molecule has 1 aliphatic heterocycles. The molecule has 0 bridgehead atoms. The number of hydrogen-bond donors (Lipinski definition) is 0. The van der Waals surface area contributed by atoms with E-state index in [2.05, 4.69) is 15.9 Å². The highest BCUT2D eigenvalue weighted by Gasteiger charge is 2.35. The molecule has 0 spiro atoms. The van der Waals surface area contributed by atoms with Gasteiger partial charge in [-0.05, 0) is 67.1 Å². The van der Waals surface area contributed by atoms with Crippen molar-refractivity contribution in [2.45, 2.75) is 20.4 Å². The van der Waals surface area contributed by atoms with Gasteiger partial charge in [0.1, 0.15) is 0 Å². The molecule has 152 valence electrons. The fraction of sp³-hybridized carbons (Fsp3) is 0.238. The van der Waals surface area contributed by atoms with Crippen molar-refractivity contribution in [1.82, 2.24) is 4.90 Å². The van der Waals surface area contributed by atoms with Crippen LogP contribution in [0.3, 0.4) is 0 Å². The maximum absolute atomic E-state index is 12.8. The molecule has 3 rings (SSSR count). The molecule has 2 aromatic rings. The zero-order valence-corrected chi connectivity index (χ0v) is 19.1. The number of rotatable bonds is 7. The average molecular weight is 497 g/mol.